The Morgan fingerprint density at radius 2 is 1.54 bits per heavy atom. The average molecular weight is 395 g/mol. The molecule has 0 bridgehead atoms. The molecule has 24 heavy (non-hydrogen) atoms. The van der Waals surface area contributed by atoms with Crippen molar-refractivity contribution in [3.63, 3.8) is 0 Å². The summed E-state index contributed by atoms with van der Waals surface area (Å²) >= 11 is 5.77. The Bertz CT molecular complexity index is 725. The van der Waals surface area contributed by atoms with Crippen molar-refractivity contribution in [3.8, 4) is 0 Å². The van der Waals surface area contributed by atoms with E-state index in [1.807, 2.05) is 0 Å². The Kier molecular flexibility index (Phi) is 7.06. The number of hydrogen-bond donors (Lipinski definition) is 1. The summed E-state index contributed by atoms with van der Waals surface area (Å²) in [6.45, 7) is 0.939. The fraction of sp³-hybridized carbons (Fsp3) is 0.600. The van der Waals surface area contributed by atoms with Crippen molar-refractivity contribution in [3.05, 3.63) is 34.9 Å². The second-order valence-corrected chi connectivity index (χ2v) is 10.2. The highest BCUT2D eigenvalue weighted by Crippen LogP contribution is 2.14. The van der Waals surface area contributed by atoms with Gasteiger partial charge in [0.1, 0.15) is 0 Å². The van der Waals surface area contributed by atoms with Gasteiger partial charge in [-0.15, -0.1) is 0 Å². The van der Waals surface area contributed by atoms with Crippen LogP contribution in [0.15, 0.2) is 24.3 Å². The quantitative estimate of drug-likeness (QED) is 0.766. The number of rotatable bonds is 7. The van der Waals surface area contributed by atoms with Crippen molar-refractivity contribution in [2.75, 3.05) is 25.4 Å². The third-order valence-corrected chi connectivity index (χ3v) is 7.39. The first-order valence-corrected chi connectivity index (χ1v) is 11.6. The predicted molar refractivity (Wildman–Crippen MR) is 95.9 cm³/mol. The van der Waals surface area contributed by atoms with E-state index < -0.39 is 20.0 Å². The second kappa shape index (κ2) is 8.62. The third-order valence-electron chi connectivity index (χ3n) is 3.91. The number of nitrogens with zero attached hydrogens (tertiary/aromatic N) is 1. The van der Waals surface area contributed by atoms with Gasteiger partial charge in [0.2, 0.25) is 20.0 Å². The zero-order valence-corrected chi connectivity index (χ0v) is 15.8. The lowest BCUT2D eigenvalue weighted by atomic mass is 10.2. The van der Waals surface area contributed by atoms with Gasteiger partial charge in [-0.25, -0.2) is 25.9 Å². The highest BCUT2D eigenvalue weighted by atomic mass is 35.5. The van der Waals surface area contributed by atoms with E-state index in [1.54, 1.807) is 24.3 Å². The van der Waals surface area contributed by atoms with Gasteiger partial charge in [0.15, 0.2) is 0 Å². The van der Waals surface area contributed by atoms with E-state index in [4.69, 9.17) is 11.6 Å². The Labute approximate surface area is 149 Å². The predicted octanol–water partition coefficient (Wildman–Crippen LogP) is 1.97. The van der Waals surface area contributed by atoms with Crippen LogP contribution in [0, 0.1) is 0 Å². The van der Waals surface area contributed by atoms with Crippen molar-refractivity contribution in [1.29, 1.82) is 0 Å². The topological polar surface area (TPSA) is 83.5 Å². The van der Waals surface area contributed by atoms with Crippen molar-refractivity contribution in [1.82, 2.24) is 9.03 Å². The molecule has 0 unspecified atom stereocenters. The zero-order chi connectivity index (χ0) is 17.6. The largest absolute Gasteiger partial charge is 0.215 e. The summed E-state index contributed by atoms with van der Waals surface area (Å²) in [5.74, 6) is -0.416. The van der Waals surface area contributed by atoms with Crippen LogP contribution in [0.5, 0.6) is 0 Å². The summed E-state index contributed by atoms with van der Waals surface area (Å²) < 4.78 is 52.5. The van der Waals surface area contributed by atoms with Crippen LogP contribution in [0.25, 0.3) is 0 Å². The van der Waals surface area contributed by atoms with E-state index in [1.165, 1.54) is 4.31 Å². The first-order valence-electron chi connectivity index (χ1n) is 7.98. The standard InChI is InChI=1S/C15H23ClN2O4S2/c16-15-7-5-14(6-8-15)13-23(19,20)17-9-12-24(21,22)18-10-3-1-2-4-11-18/h5-8,17H,1-4,9-13H2. The van der Waals surface area contributed by atoms with Gasteiger partial charge in [-0.1, -0.05) is 36.6 Å². The molecule has 1 fully saturated rings. The molecule has 1 aliphatic heterocycles. The minimum Gasteiger partial charge on any atom is -0.214 e. The maximum Gasteiger partial charge on any atom is 0.215 e. The van der Waals surface area contributed by atoms with E-state index in [9.17, 15) is 16.8 Å². The lowest BCUT2D eigenvalue weighted by Crippen LogP contribution is -2.38. The molecule has 1 aromatic carbocycles. The van der Waals surface area contributed by atoms with Crippen molar-refractivity contribution < 1.29 is 16.8 Å². The Morgan fingerprint density at radius 3 is 2.12 bits per heavy atom. The molecule has 0 radical (unpaired) electrons. The van der Waals surface area contributed by atoms with Crippen LogP contribution < -0.4 is 4.72 Å². The fourth-order valence-corrected chi connectivity index (χ4v) is 5.46. The molecular weight excluding hydrogens is 372 g/mol. The van der Waals surface area contributed by atoms with Crippen LogP contribution in [0.1, 0.15) is 31.2 Å². The van der Waals surface area contributed by atoms with Gasteiger partial charge >= 0.3 is 0 Å². The molecule has 0 aliphatic carbocycles. The Morgan fingerprint density at radius 1 is 0.958 bits per heavy atom. The molecule has 1 saturated heterocycles. The van der Waals surface area contributed by atoms with Crippen molar-refractivity contribution in [2.45, 2.75) is 31.4 Å². The van der Waals surface area contributed by atoms with E-state index in [0.717, 1.165) is 25.7 Å². The van der Waals surface area contributed by atoms with Gasteiger partial charge in [-0.2, -0.15) is 0 Å². The molecule has 0 atom stereocenters. The van der Waals surface area contributed by atoms with Gasteiger partial charge in [-0.05, 0) is 30.5 Å². The van der Waals surface area contributed by atoms with Crippen LogP contribution in [-0.2, 0) is 25.8 Å². The summed E-state index contributed by atoms with van der Waals surface area (Å²) in [7, 11) is -7.00. The summed E-state index contributed by atoms with van der Waals surface area (Å²) in [6.07, 6.45) is 3.81. The molecule has 0 amide bonds. The van der Waals surface area contributed by atoms with Gasteiger partial charge in [-0.3, -0.25) is 0 Å². The molecule has 1 N–H and O–H groups in total. The smallest absolute Gasteiger partial charge is 0.214 e. The second-order valence-electron chi connectivity index (χ2n) is 5.91. The van der Waals surface area contributed by atoms with Gasteiger partial charge in [0.05, 0.1) is 11.5 Å². The Hall–Kier alpha value is -0.670. The lowest BCUT2D eigenvalue weighted by Gasteiger charge is -2.19. The Balaban J connectivity index is 1.86. The van der Waals surface area contributed by atoms with Gasteiger partial charge in [0.25, 0.3) is 0 Å². The molecule has 0 saturated carbocycles. The average Bonchev–Trinajstić information content (AvgIpc) is 2.78. The maximum atomic E-state index is 12.3. The summed E-state index contributed by atoms with van der Waals surface area (Å²) in [5, 5.41) is 0.535. The highest BCUT2D eigenvalue weighted by molar-refractivity contribution is 7.89. The number of sulfonamides is 2. The maximum absolute atomic E-state index is 12.3. The summed E-state index contributed by atoms with van der Waals surface area (Å²) in [4.78, 5) is 0. The first-order chi connectivity index (χ1) is 11.3. The van der Waals surface area contributed by atoms with Crippen LogP contribution >= 0.6 is 11.6 Å². The highest BCUT2D eigenvalue weighted by Gasteiger charge is 2.23. The summed E-state index contributed by atoms with van der Waals surface area (Å²) in [6, 6.07) is 6.51. The van der Waals surface area contributed by atoms with E-state index in [-0.39, 0.29) is 18.1 Å². The molecular formula is C15H23ClN2O4S2. The first kappa shape index (κ1) is 19.7. The molecule has 1 aromatic rings. The number of benzene rings is 1. The lowest BCUT2D eigenvalue weighted by molar-refractivity contribution is 0.423. The van der Waals surface area contributed by atoms with E-state index in [2.05, 4.69) is 4.72 Å². The minimum absolute atomic E-state index is 0.116. The van der Waals surface area contributed by atoms with E-state index in [0.29, 0.717) is 23.7 Å². The molecule has 9 heteroatoms. The molecule has 0 aromatic heterocycles. The normalized spacial score (nSPS) is 17.5. The van der Waals surface area contributed by atoms with Gasteiger partial charge in [0, 0.05) is 24.7 Å². The SMILES string of the molecule is O=S(=O)(Cc1ccc(Cl)cc1)NCCS(=O)(=O)N1CCCCCC1. The van der Waals surface area contributed by atoms with Gasteiger partial charge < -0.3 is 0 Å². The molecule has 0 spiro atoms. The summed E-state index contributed by atoms with van der Waals surface area (Å²) in [5.41, 5.74) is 0.599. The number of hydrogen-bond acceptors (Lipinski definition) is 4. The zero-order valence-electron chi connectivity index (χ0n) is 13.4. The fourth-order valence-electron chi connectivity index (χ4n) is 2.63. The van der Waals surface area contributed by atoms with Crippen molar-refractivity contribution in [2.24, 2.45) is 0 Å². The number of nitrogens with one attached hydrogen (secondary N) is 1. The molecule has 6 nitrogen and oxygen atoms in total. The minimum atomic E-state index is -3.58. The van der Waals surface area contributed by atoms with Crippen LogP contribution in [0.3, 0.4) is 0 Å². The number of halogens is 1. The monoisotopic (exact) mass is 394 g/mol. The molecule has 136 valence electrons. The van der Waals surface area contributed by atoms with Crippen LogP contribution in [0.4, 0.5) is 0 Å². The molecule has 1 heterocycles. The van der Waals surface area contributed by atoms with E-state index >= 15 is 0 Å². The molecule has 2 rings (SSSR count). The van der Waals surface area contributed by atoms with Crippen LogP contribution in [-0.4, -0.2) is 46.5 Å². The molecule has 1 aliphatic rings. The van der Waals surface area contributed by atoms with Crippen LogP contribution in [0.2, 0.25) is 5.02 Å². The van der Waals surface area contributed by atoms with Crippen molar-refractivity contribution >= 4 is 31.6 Å². The third kappa shape index (κ3) is 6.33.